The summed E-state index contributed by atoms with van der Waals surface area (Å²) in [6.45, 7) is -0.278. The Morgan fingerprint density at radius 3 is 1.26 bits per heavy atom. The molecule has 0 saturated heterocycles. The normalized spacial score (nSPS) is 9.42. The van der Waals surface area contributed by atoms with E-state index in [1.54, 1.807) is 0 Å². The minimum Gasteiger partial charge on any atom is -0.480 e. The molecule has 0 amide bonds. The SMILES string of the molecule is NCC(=O)O.O=C(Cl)CCCCCCCCC(=O)Cl. The van der Waals surface area contributed by atoms with Crippen LogP contribution in [0.1, 0.15) is 51.4 Å². The van der Waals surface area contributed by atoms with E-state index >= 15 is 0 Å². The summed E-state index contributed by atoms with van der Waals surface area (Å²) in [6.07, 6.45) is 6.96. The molecule has 112 valence electrons. The van der Waals surface area contributed by atoms with Gasteiger partial charge in [-0.2, -0.15) is 0 Å². The first kappa shape index (κ1) is 20.7. The Morgan fingerprint density at radius 2 is 1.05 bits per heavy atom. The molecule has 0 aliphatic rings. The Kier molecular flexibility index (Phi) is 16.8. The highest BCUT2D eigenvalue weighted by atomic mass is 35.5. The molecule has 0 aliphatic carbocycles. The van der Waals surface area contributed by atoms with Crippen LogP contribution in [-0.2, 0) is 14.4 Å². The number of nitrogens with two attached hydrogens (primary N) is 1. The van der Waals surface area contributed by atoms with Gasteiger partial charge in [-0.05, 0) is 36.0 Å². The summed E-state index contributed by atoms with van der Waals surface area (Å²) < 4.78 is 0. The third-order valence-electron chi connectivity index (χ3n) is 2.17. The molecular formula is C12H21Cl2NO4. The van der Waals surface area contributed by atoms with E-state index in [-0.39, 0.29) is 17.0 Å². The number of carboxylic acid groups (broad SMARTS) is 1. The molecule has 0 fully saturated rings. The van der Waals surface area contributed by atoms with Crippen molar-refractivity contribution >= 4 is 39.7 Å². The van der Waals surface area contributed by atoms with Gasteiger partial charge in [0.2, 0.25) is 10.5 Å². The molecular weight excluding hydrogens is 293 g/mol. The standard InChI is InChI=1S/C10H16Cl2O2.C2H5NO2/c11-9(13)7-5-3-1-2-4-6-8-10(12)14;3-1-2(4)5/h1-8H2;1,3H2,(H,4,5). The van der Waals surface area contributed by atoms with Crippen molar-refractivity contribution in [2.24, 2.45) is 5.73 Å². The molecule has 0 bridgehead atoms. The summed E-state index contributed by atoms with van der Waals surface area (Å²) in [5.74, 6) is -0.968. The molecule has 19 heavy (non-hydrogen) atoms. The first-order chi connectivity index (χ1) is 8.90. The Hall–Kier alpha value is -0.650. The van der Waals surface area contributed by atoms with Gasteiger partial charge < -0.3 is 10.8 Å². The van der Waals surface area contributed by atoms with E-state index in [4.69, 9.17) is 28.3 Å². The number of aliphatic carboxylic acids is 1. The maximum absolute atomic E-state index is 10.4. The molecule has 0 heterocycles. The molecule has 0 aliphatic heterocycles. The van der Waals surface area contributed by atoms with Crippen molar-refractivity contribution in [2.75, 3.05) is 6.54 Å². The minimum atomic E-state index is -0.968. The van der Waals surface area contributed by atoms with Crippen molar-refractivity contribution in [3.05, 3.63) is 0 Å². The molecule has 5 nitrogen and oxygen atoms in total. The summed E-state index contributed by atoms with van der Waals surface area (Å²) in [4.78, 5) is 30.0. The highest BCUT2D eigenvalue weighted by molar-refractivity contribution is 6.63. The second kappa shape index (κ2) is 15.4. The lowest BCUT2D eigenvalue weighted by molar-refractivity contribution is -0.135. The minimum absolute atomic E-state index is 0.252. The first-order valence-corrected chi connectivity index (χ1v) is 6.94. The van der Waals surface area contributed by atoms with Gasteiger partial charge >= 0.3 is 5.97 Å². The third kappa shape index (κ3) is 26.8. The smallest absolute Gasteiger partial charge is 0.317 e. The zero-order valence-electron chi connectivity index (χ0n) is 10.9. The molecule has 0 aromatic rings. The van der Waals surface area contributed by atoms with Crippen molar-refractivity contribution < 1.29 is 19.5 Å². The van der Waals surface area contributed by atoms with Crippen LogP contribution in [0.5, 0.6) is 0 Å². The quantitative estimate of drug-likeness (QED) is 0.477. The van der Waals surface area contributed by atoms with Gasteiger partial charge in [-0.15, -0.1) is 0 Å². The maximum atomic E-state index is 10.4. The van der Waals surface area contributed by atoms with E-state index in [1.807, 2.05) is 0 Å². The number of carboxylic acids is 1. The highest BCUT2D eigenvalue weighted by Gasteiger charge is 1.97. The lowest BCUT2D eigenvalue weighted by Crippen LogP contribution is -2.10. The van der Waals surface area contributed by atoms with E-state index in [2.05, 4.69) is 5.73 Å². The topological polar surface area (TPSA) is 97.5 Å². The molecule has 0 atom stereocenters. The van der Waals surface area contributed by atoms with E-state index in [0.29, 0.717) is 12.8 Å². The predicted molar refractivity (Wildman–Crippen MR) is 75.3 cm³/mol. The molecule has 7 heteroatoms. The van der Waals surface area contributed by atoms with E-state index < -0.39 is 5.97 Å². The number of carbonyl (C=O) groups is 3. The van der Waals surface area contributed by atoms with Crippen LogP contribution in [0.2, 0.25) is 0 Å². The van der Waals surface area contributed by atoms with Crippen molar-refractivity contribution in [2.45, 2.75) is 51.4 Å². The van der Waals surface area contributed by atoms with Crippen LogP contribution in [0, 0.1) is 0 Å². The van der Waals surface area contributed by atoms with Gasteiger partial charge in [-0.1, -0.05) is 25.7 Å². The predicted octanol–water partition coefficient (Wildman–Crippen LogP) is 2.67. The Morgan fingerprint density at radius 1 is 0.789 bits per heavy atom. The number of carbonyl (C=O) groups excluding carboxylic acids is 2. The fourth-order valence-electron chi connectivity index (χ4n) is 1.24. The van der Waals surface area contributed by atoms with Crippen LogP contribution < -0.4 is 5.73 Å². The molecule has 0 aromatic heterocycles. The van der Waals surface area contributed by atoms with Gasteiger partial charge in [0.15, 0.2) is 0 Å². The fraction of sp³-hybridized carbons (Fsp3) is 0.750. The van der Waals surface area contributed by atoms with Crippen LogP contribution in [0.3, 0.4) is 0 Å². The average Bonchev–Trinajstić information content (AvgIpc) is 2.32. The molecule has 0 spiro atoms. The number of hydrogen-bond donors (Lipinski definition) is 2. The molecule has 0 aromatic carbocycles. The third-order valence-corrected chi connectivity index (χ3v) is 2.55. The molecule has 0 radical (unpaired) electrons. The van der Waals surface area contributed by atoms with Crippen LogP contribution >= 0.6 is 23.2 Å². The van der Waals surface area contributed by atoms with Crippen molar-refractivity contribution in [1.82, 2.24) is 0 Å². The zero-order chi connectivity index (χ0) is 15.1. The Balaban J connectivity index is 0. The van der Waals surface area contributed by atoms with E-state index in [0.717, 1.165) is 38.5 Å². The van der Waals surface area contributed by atoms with Crippen LogP contribution in [0.15, 0.2) is 0 Å². The van der Waals surface area contributed by atoms with Crippen molar-refractivity contribution in [3.8, 4) is 0 Å². The molecule has 3 N–H and O–H groups in total. The van der Waals surface area contributed by atoms with Crippen molar-refractivity contribution in [3.63, 3.8) is 0 Å². The monoisotopic (exact) mass is 313 g/mol. The summed E-state index contributed by atoms with van der Waals surface area (Å²) >= 11 is 10.4. The number of rotatable bonds is 10. The van der Waals surface area contributed by atoms with Gasteiger partial charge in [0.1, 0.15) is 0 Å². The lowest BCUT2D eigenvalue weighted by Gasteiger charge is -1.98. The number of unbranched alkanes of at least 4 members (excludes halogenated alkanes) is 5. The molecule has 0 saturated carbocycles. The molecule has 0 unspecified atom stereocenters. The number of hydrogen-bond acceptors (Lipinski definition) is 4. The number of halogens is 2. The second-order valence-electron chi connectivity index (χ2n) is 3.93. The first-order valence-electron chi connectivity index (χ1n) is 6.18. The van der Waals surface area contributed by atoms with Gasteiger partial charge in [-0.3, -0.25) is 14.4 Å². The van der Waals surface area contributed by atoms with Crippen LogP contribution in [0.25, 0.3) is 0 Å². The summed E-state index contributed by atoms with van der Waals surface area (Å²) in [6, 6.07) is 0. The Labute approximate surface area is 123 Å². The fourth-order valence-corrected chi connectivity index (χ4v) is 1.50. The summed E-state index contributed by atoms with van der Waals surface area (Å²) in [7, 11) is 0. The highest BCUT2D eigenvalue weighted by Crippen LogP contribution is 2.09. The summed E-state index contributed by atoms with van der Waals surface area (Å²) in [5, 5.41) is 7.09. The lowest BCUT2D eigenvalue weighted by atomic mass is 10.1. The van der Waals surface area contributed by atoms with Gasteiger partial charge in [0.25, 0.3) is 0 Å². The Bertz CT molecular complexity index is 252. The maximum Gasteiger partial charge on any atom is 0.317 e. The van der Waals surface area contributed by atoms with Gasteiger partial charge in [0, 0.05) is 12.8 Å². The van der Waals surface area contributed by atoms with Gasteiger partial charge in [0.05, 0.1) is 6.54 Å². The van der Waals surface area contributed by atoms with E-state index in [9.17, 15) is 14.4 Å². The van der Waals surface area contributed by atoms with Crippen molar-refractivity contribution in [1.29, 1.82) is 0 Å². The van der Waals surface area contributed by atoms with Crippen LogP contribution in [-0.4, -0.2) is 28.1 Å². The van der Waals surface area contributed by atoms with Crippen LogP contribution in [0.4, 0.5) is 0 Å². The van der Waals surface area contributed by atoms with Gasteiger partial charge in [-0.25, -0.2) is 0 Å². The summed E-state index contributed by atoms with van der Waals surface area (Å²) in [5.41, 5.74) is 4.57. The largest absolute Gasteiger partial charge is 0.480 e. The van der Waals surface area contributed by atoms with E-state index in [1.165, 1.54) is 0 Å². The second-order valence-corrected chi connectivity index (χ2v) is 4.77. The zero-order valence-corrected chi connectivity index (χ0v) is 12.4. The molecule has 0 rings (SSSR count). The average molecular weight is 314 g/mol.